The van der Waals surface area contributed by atoms with Gasteiger partial charge in [0, 0.05) is 19.6 Å². The summed E-state index contributed by atoms with van der Waals surface area (Å²) in [5.41, 5.74) is 0.177. The van der Waals surface area contributed by atoms with Crippen LogP contribution in [0.25, 0.3) is 0 Å². The lowest BCUT2D eigenvalue weighted by Gasteiger charge is -2.01. The molecule has 160 valence electrons. The van der Waals surface area contributed by atoms with E-state index in [1.54, 1.807) is 24.3 Å². The molecule has 0 saturated carbocycles. The van der Waals surface area contributed by atoms with E-state index in [-0.39, 0.29) is 14.9 Å². The molecular weight excluding hydrogens is 607 g/mol. The summed E-state index contributed by atoms with van der Waals surface area (Å²) in [6.07, 6.45) is 0. The first-order valence-corrected chi connectivity index (χ1v) is 11.8. The van der Waals surface area contributed by atoms with Gasteiger partial charge in [-0.1, -0.05) is 15.9 Å². The molecular formula is C14H9Br2Cl2O9S2-. The maximum absolute atomic E-state index is 11.0. The van der Waals surface area contributed by atoms with Crippen molar-refractivity contribution in [1.82, 2.24) is 0 Å². The Bertz CT molecular complexity index is 983. The van der Waals surface area contributed by atoms with E-state index < -0.39 is 32.4 Å². The number of aromatic carboxylic acids is 2. The van der Waals surface area contributed by atoms with Gasteiger partial charge in [-0.3, -0.25) is 0 Å². The Hall–Kier alpha value is -1.06. The molecule has 0 aliphatic carbocycles. The Labute approximate surface area is 193 Å². The highest BCUT2D eigenvalue weighted by atomic mass is 79.9. The number of carbonyl (C=O) groups is 2. The monoisotopic (exact) mass is 613 g/mol. The Morgan fingerprint density at radius 3 is 1.76 bits per heavy atom. The Morgan fingerprint density at radius 1 is 1.00 bits per heavy atom. The van der Waals surface area contributed by atoms with Crippen molar-refractivity contribution in [2.75, 3.05) is 0 Å². The molecule has 2 aromatic carbocycles. The maximum atomic E-state index is 11.0. The first kappa shape index (κ1) is 27.9. The fraction of sp³-hybridized carbons (Fsp3) is 0. The van der Waals surface area contributed by atoms with Crippen LogP contribution in [0.2, 0.25) is 0 Å². The van der Waals surface area contributed by atoms with E-state index in [1.165, 1.54) is 12.1 Å². The molecule has 0 amide bonds. The normalized spacial score (nSPS) is 11.2. The van der Waals surface area contributed by atoms with E-state index in [0.29, 0.717) is 5.56 Å². The third kappa shape index (κ3) is 11.6. The predicted molar refractivity (Wildman–Crippen MR) is 111 cm³/mol. The molecule has 0 fully saturated rings. The van der Waals surface area contributed by atoms with Crippen LogP contribution < -0.4 is 0 Å². The predicted octanol–water partition coefficient (Wildman–Crippen LogP) is 4.17. The zero-order chi connectivity index (χ0) is 22.8. The first-order chi connectivity index (χ1) is 13.3. The van der Waals surface area contributed by atoms with Crippen molar-refractivity contribution in [3.8, 4) is 0 Å². The van der Waals surface area contributed by atoms with Crippen molar-refractivity contribution >= 4 is 86.8 Å². The van der Waals surface area contributed by atoms with Gasteiger partial charge >= 0.3 is 11.9 Å². The number of carboxylic acids is 2. The van der Waals surface area contributed by atoms with E-state index in [1.807, 2.05) is 0 Å². The summed E-state index contributed by atoms with van der Waals surface area (Å²) in [5.74, 6) is -2.11. The summed E-state index contributed by atoms with van der Waals surface area (Å²) in [6, 6.07) is 10.1. The molecule has 0 bridgehead atoms. The topological polar surface area (TPSA) is 158 Å². The van der Waals surface area contributed by atoms with Crippen molar-refractivity contribution in [2.24, 2.45) is 0 Å². The van der Waals surface area contributed by atoms with E-state index >= 15 is 0 Å². The smallest absolute Gasteiger partial charge is 0.335 e. The standard InChI is InChI=1S/C7H4BrClO4S.C7H5BrO2.ClHO3S/c8-5-2-1-4(7(10)11)3-6(5)14(9,12)13;8-6-3-1-5(2-4-6)7(9)10;1-4-5(2)3/h1-3H,(H,10,11);1-4H,(H,9,10);(H,2,3)/p-1. The number of rotatable bonds is 4. The lowest BCUT2D eigenvalue weighted by molar-refractivity contribution is 0.0686. The fourth-order valence-corrected chi connectivity index (χ4v) is 3.80. The van der Waals surface area contributed by atoms with Gasteiger partial charge in [-0.15, -0.1) is 0 Å². The molecule has 15 heteroatoms. The van der Waals surface area contributed by atoms with Crippen LogP contribution >= 0.6 is 54.4 Å². The van der Waals surface area contributed by atoms with Gasteiger partial charge in [-0.2, -0.15) is 3.74 Å². The van der Waals surface area contributed by atoms with Crippen LogP contribution in [0.3, 0.4) is 0 Å². The second kappa shape index (κ2) is 13.3. The Kier molecular flexibility index (Phi) is 12.8. The fourth-order valence-electron chi connectivity index (χ4n) is 1.42. The van der Waals surface area contributed by atoms with Crippen molar-refractivity contribution in [2.45, 2.75) is 4.90 Å². The minimum atomic E-state index is -3.93. The van der Waals surface area contributed by atoms with E-state index in [2.05, 4.69) is 47.5 Å². The SMILES string of the molecule is O=C(O)c1ccc(Br)c(S(=O)(=O)Cl)c1.O=C(O)c1ccc(Br)cc1.O=S([O-])OCl. The van der Waals surface area contributed by atoms with Gasteiger partial charge in [0.05, 0.1) is 27.9 Å². The zero-order valence-electron chi connectivity index (χ0n) is 13.6. The molecule has 2 rings (SSSR count). The average Bonchev–Trinajstić information content (AvgIpc) is 2.62. The number of carboxylic acid groups (broad SMARTS) is 2. The van der Waals surface area contributed by atoms with Crippen LogP contribution in [0, 0.1) is 0 Å². The van der Waals surface area contributed by atoms with Gasteiger partial charge in [0.15, 0.2) is 0 Å². The minimum Gasteiger partial charge on any atom is -0.749 e. The minimum absolute atomic E-state index is 0.132. The van der Waals surface area contributed by atoms with Gasteiger partial charge in [-0.05, 0) is 58.4 Å². The molecule has 1 unspecified atom stereocenters. The molecule has 0 aliphatic heterocycles. The molecule has 2 N–H and O–H groups in total. The quantitative estimate of drug-likeness (QED) is 0.380. The van der Waals surface area contributed by atoms with Crippen molar-refractivity contribution in [1.29, 1.82) is 0 Å². The summed E-state index contributed by atoms with van der Waals surface area (Å²) in [6.45, 7) is 0. The van der Waals surface area contributed by atoms with Gasteiger partial charge in [0.25, 0.3) is 9.05 Å². The van der Waals surface area contributed by atoms with Crippen molar-refractivity contribution in [3.63, 3.8) is 0 Å². The molecule has 0 aromatic heterocycles. The number of benzene rings is 2. The highest BCUT2D eigenvalue weighted by molar-refractivity contribution is 9.10. The number of halogens is 4. The molecule has 1 atom stereocenters. The van der Waals surface area contributed by atoms with Gasteiger partial charge in [0.1, 0.15) is 11.4 Å². The zero-order valence-corrected chi connectivity index (χ0v) is 19.9. The summed E-state index contributed by atoms with van der Waals surface area (Å²) >= 11 is 7.83. The lowest BCUT2D eigenvalue weighted by atomic mass is 10.2. The second-order valence-electron chi connectivity index (χ2n) is 4.47. The molecule has 0 aliphatic rings. The average molecular weight is 616 g/mol. The number of hydrogen-bond donors (Lipinski definition) is 2. The van der Waals surface area contributed by atoms with Crippen LogP contribution in [0.5, 0.6) is 0 Å². The summed E-state index contributed by atoms with van der Waals surface area (Å²) < 4.78 is 44.2. The van der Waals surface area contributed by atoms with Crippen molar-refractivity contribution < 1.29 is 40.7 Å². The Balaban J connectivity index is 0.000000455. The van der Waals surface area contributed by atoms with Crippen LogP contribution in [-0.2, 0) is 24.1 Å². The molecule has 9 nitrogen and oxygen atoms in total. The molecule has 0 spiro atoms. The van der Waals surface area contributed by atoms with E-state index in [9.17, 15) is 18.0 Å². The summed E-state index contributed by atoms with van der Waals surface area (Å²) in [7, 11) is 1.16. The van der Waals surface area contributed by atoms with E-state index in [0.717, 1.165) is 10.5 Å². The summed E-state index contributed by atoms with van der Waals surface area (Å²) in [4.78, 5) is 20.6. The first-order valence-electron chi connectivity index (χ1n) is 6.64. The van der Waals surface area contributed by atoms with Crippen LogP contribution in [0.4, 0.5) is 0 Å². The molecule has 2 aromatic rings. The molecule has 0 heterocycles. The van der Waals surface area contributed by atoms with Crippen LogP contribution in [0.15, 0.2) is 56.3 Å². The second-order valence-corrected chi connectivity index (χ2v) is 9.68. The van der Waals surface area contributed by atoms with Gasteiger partial charge < -0.3 is 14.8 Å². The van der Waals surface area contributed by atoms with Crippen LogP contribution in [-0.4, -0.2) is 39.3 Å². The highest BCUT2D eigenvalue weighted by Gasteiger charge is 2.16. The molecule has 0 saturated heterocycles. The van der Waals surface area contributed by atoms with Gasteiger partial charge in [0.2, 0.25) is 0 Å². The lowest BCUT2D eigenvalue weighted by Crippen LogP contribution is -2.00. The highest BCUT2D eigenvalue weighted by Crippen LogP contribution is 2.26. The largest absolute Gasteiger partial charge is 0.749 e. The molecule has 0 radical (unpaired) electrons. The summed E-state index contributed by atoms with van der Waals surface area (Å²) in [5, 5.41) is 17.1. The van der Waals surface area contributed by atoms with E-state index in [4.69, 9.17) is 29.7 Å². The third-order valence-corrected chi connectivity index (χ3v) is 5.84. The third-order valence-electron chi connectivity index (χ3n) is 2.58. The maximum Gasteiger partial charge on any atom is 0.335 e. The number of hydrogen-bond acceptors (Lipinski definition) is 7. The molecule has 29 heavy (non-hydrogen) atoms. The van der Waals surface area contributed by atoms with Crippen LogP contribution in [0.1, 0.15) is 20.7 Å². The Morgan fingerprint density at radius 2 is 1.41 bits per heavy atom. The van der Waals surface area contributed by atoms with Gasteiger partial charge in [-0.25, -0.2) is 22.2 Å². The van der Waals surface area contributed by atoms with Crippen molar-refractivity contribution in [3.05, 3.63) is 62.5 Å².